The van der Waals surface area contributed by atoms with Gasteiger partial charge in [0.05, 0.1) is 6.54 Å². The molecule has 0 amide bonds. The number of ether oxygens (including phenoxy) is 1. The molecule has 1 aliphatic rings. The van der Waals surface area contributed by atoms with Crippen molar-refractivity contribution in [1.29, 1.82) is 0 Å². The van der Waals surface area contributed by atoms with E-state index in [9.17, 15) is 30.4 Å². The standard InChI is InChI=1S/C16H21F5N4O3S.HI/c1-22-15(23-6-9-28-12-2-3-13(17)14(18)10-12)24-11-4-7-25(8-5-11)29(26,27)16(19,20)21;/h2-3,10-11H,4-9H2,1H3,(H2,22,23,24);1H. The van der Waals surface area contributed by atoms with Gasteiger partial charge in [0.15, 0.2) is 17.6 Å². The van der Waals surface area contributed by atoms with Crippen LogP contribution in [0.1, 0.15) is 12.8 Å². The van der Waals surface area contributed by atoms with E-state index in [1.165, 1.54) is 13.1 Å². The lowest BCUT2D eigenvalue weighted by molar-refractivity contribution is -0.0494. The number of piperidine rings is 1. The second-order valence-corrected chi connectivity index (χ2v) is 8.12. The van der Waals surface area contributed by atoms with Crippen molar-refractivity contribution in [2.24, 2.45) is 4.99 Å². The van der Waals surface area contributed by atoms with Crippen molar-refractivity contribution in [3.8, 4) is 5.75 Å². The Morgan fingerprint density at radius 3 is 2.40 bits per heavy atom. The number of guanidine groups is 1. The third-order valence-corrected chi connectivity index (χ3v) is 5.84. The van der Waals surface area contributed by atoms with Crippen LogP contribution >= 0.6 is 24.0 Å². The van der Waals surface area contributed by atoms with E-state index >= 15 is 0 Å². The number of nitrogens with one attached hydrogen (secondary N) is 2. The smallest absolute Gasteiger partial charge is 0.492 e. The molecule has 7 nitrogen and oxygen atoms in total. The third-order valence-electron chi connectivity index (χ3n) is 4.21. The summed E-state index contributed by atoms with van der Waals surface area (Å²) in [4.78, 5) is 3.98. The Balaban J connectivity index is 0.00000450. The molecule has 14 heteroatoms. The van der Waals surface area contributed by atoms with Crippen molar-refractivity contribution in [3.05, 3.63) is 29.8 Å². The molecule has 0 aliphatic carbocycles. The van der Waals surface area contributed by atoms with Gasteiger partial charge in [0.1, 0.15) is 12.4 Å². The Bertz CT molecular complexity index is 831. The van der Waals surface area contributed by atoms with Gasteiger partial charge in [-0.3, -0.25) is 4.99 Å². The molecule has 0 aromatic heterocycles. The molecular formula is C16H22F5IN4O3S. The van der Waals surface area contributed by atoms with Crippen molar-refractivity contribution in [1.82, 2.24) is 14.9 Å². The number of alkyl halides is 3. The van der Waals surface area contributed by atoms with Crippen molar-refractivity contribution < 1.29 is 35.1 Å². The van der Waals surface area contributed by atoms with Crippen LogP contribution in [0.25, 0.3) is 0 Å². The molecule has 2 N–H and O–H groups in total. The molecule has 0 saturated carbocycles. The summed E-state index contributed by atoms with van der Waals surface area (Å²) < 4.78 is 92.2. The van der Waals surface area contributed by atoms with Gasteiger partial charge in [-0.15, -0.1) is 24.0 Å². The normalized spacial score (nSPS) is 16.7. The molecule has 0 atom stereocenters. The summed E-state index contributed by atoms with van der Waals surface area (Å²) in [6.07, 6.45) is 0.364. The first kappa shape index (κ1) is 26.6. The molecule has 1 heterocycles. The highest BCUT2D eigenvalue weighted by Gasteiger charge is 2.50. The van der Waals surface area contributed by atoms with Gasteiger partial charge in [0.2, 0.25) is 0 Å². The minimum atomic E-state index is -5.31. The van der Waals surface area contributed by atoms with Crippen LogP contribution in [0, 0.1) is 11.6 Å². The minimum absolute atomic E-state index is 0. The van der Waals surface area contributed by atoms with E-state index in [1.807, 2.05) is 0 Å². The Morgan fingerprint density at radius 2 is 1.87 bits per heavy atom. The minimum Gasteiger partial charge on any atom is -0.492 e. The van der Waals surface area contributed by atoms with Crippen LogP contribution in [0.15, 0.2) is 23.2 Å². The zero-order chi connectivity index (χ0) is 21.7. The maximum Gasteiger partial charge on any atom is 0.511 e. The topological polar surface area (TPSA) is 83.0 Å². The van der Waals surface area contributed by atoms with Crippen LogP contribution in [-0.2, 0) is 10.0 Å². The molecule has 30 heavy (non-hydrogen) atoms. The summed E-state index contributed by atoms with van der Waals surface area (Å²) >= 11 is 0. The van der Waals surface area contributed by atoms with Gasteiger partial charge in [0.25, 0.3) is 0 Å². The quantitative estimate of drug-likeness (QED) is 0.180. The highest BCUT2D eigenvalue weighted by molar-refractivity contribution is 14.0. The van der Waals surface area contributed by atoms with Crippen LogP contribution < -0.4 is 15.4 Å². The molecule has 1 fully saturated rings. The van der Waals surface area contributed by atoms with Gasteiger partial charge < -0.3 is 15.4 Å². The van der Waals surface area contributed by atoms with E-state index in [1.54, 1.807) is 0 Å². The molecule has 0 bridgehead atoms. The average molecular weight is 572 g/mol. The largest absolute Gasteiger partial charge is 0.511 e. The second-order valence-electron chi connectivity index (χ2n) is 6.19. The first-order valence-electron chi connectivity index (χ1n) is 8.66. The van der Waals surface area contributed by atoms with E-state index in [0.717, 1.165) is 12.1 Å². The Labute approximate surface area is 188 Å². The fourth-order valence-corrected chi connectivity index (χ4v) is 3.66. The molecule has 1 aliphatic heterocycles. The lowest BCUT2D eigenvalue weighted by Crippen LogP contribution is -2.52. The summed E-state index contributed by atoms with van der Waals surface area (Å²) in [7, 11) is -3.82. The average Bonchev–Trinajstić information content (AvgIpc) is 2.66. The highest BCUT2D eigenvalue weighted by atomic mass is 127. The summed E-state index contributed by atoms with van der Waals surface area (Å²) in [5.41, 5.74) is -5.31. The number of nitrogens with zero attached hydrogens (tertiary/aromatic N) is 2. The summed E-state index contributed by atoms with van der Waals surface area (Å²) in [5.74, 6) is -1.48. The van der Waals surface area contributed by atoms with E-state index in [-0.39, 0.29) is 74.9 Å². The van der Waals surface area contributed by atoms with E-state index in [4.69, 9.17) is 4.74 Å². The maximum atomic E-state index is 13.1. The second kappa shape index (κ2) is 11.3. The number of aliphatic imine (C=N–C) groups is 1. The van der Waals surface area contributed by atoms with E-state index < -0.39 is 27.2 Å². The van der Waals surface area contributed by atoms with Gasteiger partial charge in [0, 0.05) is 32.2 Å². The van der Waals surface area contributed by atoms with Gasteiger partial charge in [-0.1, -0.05) is 0 Å². The van der Waals surface area contributed by atoms with Crippen LogP contribution in [0.3, 0.4) is 0 Å². The molecule has 1 aromatic rings. The molecule has 2 rings (SSSR count). The molecule has 1 saturated heterocycles. The fraction of sp³-hybridized carbons (Fsp3) is 0.562. The zero-order valence-electron chi connectivity index (χ0n) is 15.9. The third kappa shape index (κ3) is 7.08. The van der Waals surface area contributed by atoms with Crippen molar-refractivity contribution >= 4 is 40.0 Å². The molecule has 1 aromatic carbocycles. The summed E-state index contributed by atoms with van der Waals surface area (Å²) in [6, 6.07) is 2.90. The predicted octanol–water partition coefficient (Wildman–Crippen LogP) is 2.44. The lowest BCUT2D eigenvalue weighted by Gasteiger charge is -2.32. The van der Waals surface area contributed by atoms with Crippen LogP contribution in [0.2, 0.25) is 0 Å². The highest BCUT2D eigenvalue weighted by Crippen LogP contribution is 2.28. The molecule has 0 spiro atoms. The molecule has 172 valence electrons. The first-order valence-corrected chi connectivity index (χ1v) is 10.1. The number of halogens is 6. The van der Waals surface area contributed by atoms with Gasteiger partial charge in [-0.2, -0.15) is 17.5 Å². The Kier molecular flexibility index (Phi) is 10.00. The Hall–Kier alpha value is -1.42. The number of benzene rings is 1. The summed E-state index contributed by atoms with van der Waals surface area (Å²) in [5, 5.41) is 5.92. The van der Waals surface area contributed by atoms with Gasteiger partial charge in [-0.05, 0) is 25.0 Å². The summed E-state index contributed by atoms with van der Waals surface area (Å²) in [6.45, 7) is -0.125. The molecular weight excluding hydrogens is 550 g/mol. The van der Waals surface area contributed by atoms with Crippen LogP contribution in [0.5, 0.6) is 5.75 Å². The van der Waals surface area contributed by atoms with Gasteiger partial charge >= 0.3 is 15.5 Å². The van der Waals surface area contributed by atoms with E-state index in [2.05, 4.69) is 15.6 Å². The maximum absolute atomic E-state index is 13.1. The van der Waals surface area contributed by atoms with Crippen molar-refractivity contribution in [3.63, 3.8) is 0 Å². The Morgan fingerprint density at radius 1 is 1.23 bits per heavy atom. The SMILES string of the molecule is CN=C(NCCOc1ccc(F)c(F)c1)NC1CCN(S(=O)(=O)C(F)(F)F)CC1.I. The molecule has 0 radical (unpaired) electrons. The number of sulfonamides is 1. The zero-order valence-corrected chi connectivity index (χ0v) is 19.0. The van der Waals surface area contributed by atoms with Crippen LogP contribution in [-0.4, -0.2) is 63.5 Å². The number of hydrogen-bond donors (Lipinski definition) is 2. The molecule has 0 unspecified atom stereocenters. The van der Waals surface area contributed by atoms with Crippen molar-refractivity contribution in [2.45, 2.75) is 24.4 Å². The van der Waals surface area contributed by atoms with Crippen LogP contribution in [0.4, 0.5) is 22.0 Å². The monoisotopic (exact) mass is 572 g/mol. The lowest BCUT2D eigenvalue weighted by atomic mass is 10.1. The van der Waals surface area contributed by atoms with Crippen molar-refractivity contribution in [2.75, 3.05) is 33.3 Å². The number of rotatable bonds is 6. The first-order chi connectivity index (χ1) is 13.5. The van der Waals surface area contributed by atoms with Gasteiger partial charge in [-0.25, -0.2) is 17.2 Å². The van der Waals surface area contributed by atoms with E-state index in [0.29, 0.717) is 10.3 Å². The number of hydrogen-bond acceptors (Lipinski definition) is 4. The predicted molar refractivity (Wildman–Crippen MR) is 111 cm³/mol. The fourth-order valence-electron chi connectivity index (χ4n) is 2.68.